The number of fused-ring (bicyclic) bond motifs is 1. The third-order valence-corrected chi connectivity index (χ3v) is 4.69. The fourth-order valence-corrected chi connectivity index (χ4v) is 3.23. The van der Waals surface area contributed by atoms with E-state index in [0.717, 1.165) is 35.5 Å². The first-order valence-corrected chi connectivity index (χ1v) is 9.02. The van der Waals surface area contributed by atoms with Gasteiger partial charge in [-0.05, 0) is 36.4 Å². The Labute approximate surface area is 156 Å². The predicted molar refractivity (Wildman–Crippen MR) is 94.2 cm³/mol. The highest BCUT2D eigenvalue weighted by Crippen LogP contribution is 2.33. The molecule has 1 aromatic heterocycles. The molecule has 6 nitrogen and oxygen atoms in total. The molecule has 3 aromatic rings. The molecule has 0 bridgehead atoms. The molecule has 138 valence electrons. The van der Waals surface area contributed by atoms with E-state index >= 15 is 0 Å². The summed E-state index contributed by atoms with van der Waals surface area (Å²) in [5.41, 5.74) is 0.464. The minimum Gasteiger partial charge on any atom is -0.486 e. The SMILES string of the molecule is O=C(CSc1n[nH]c(-c2ccc3c(c2)OCCO3)n1)c1cc(F)ccc1F. The van der Waals surface area contributed by atoms with E-state index < -0.39 is 17.4 Å². The van der Waals surface area contributed by atoms with Crippen molar-refractivity contribution >= 4 is 17.5 Å². The Morgan fingerprint density at radius 2 is 1.93 bits per heavy atom. The number of benzene rings is 2. The van der Waals surface area contributed by atoms with Crippen LogP contribution in [0.4, 0.5) is 8.78 Å². The molecule has 0 radical (unpaired) electrons. The van der Waals surface area contributed by atoms with E-state index in [1.54, 1.807) is 12.1 Å². The van der Waals surface area contributed by atoms with Crippen molar-refractivity contribution in [2.24, 2.45) is 0 Å². The number of aromatic amines is 1. The van der Waals surface area contributed by atoms with Crippen LogP contribution in [-0.2, 0) is 0 Å². The van der Waals surface area contributed by atoms with Crippen LogP contribution in [-0.4, -0.2) is 39.9 Å². The number of carbonyl (C=O) groups excluding carboxylic acids is 1. The Bertz CT molecular complexity index is 1010. The zero-order valence-corrected chi connectivity index (χ0v) is 14.7. The molecule has 0 amide bonds. The molecule has 0 spiro atoms. The van der Waals surface area contributed by atoms with Gasteiger partial charge in [0.15, 0.2) is 23.1 Å². The number of H-pyrrole nitrogens is 1. The lowest BCUT2D eigenvalue weighted by atomic mass is 10.1. The maximum Gasteiger partial charge on any atom is 0.209 e. The van der Waals surface area contributed by atoms with Crippen molar-refractivity contribution in [1.82, 2.24) is 15.2 Å². The molecule has 1 aliphatic rings. The summed E-state index contributed by atoms with van der Waals surface area (Å²) in [5, 5.41) is 7.16. The number of nitrogens with one attached hydrogen (secondary N) is 1. The highest BCUT2D eigenvalue weighted by atomic mass is 32.2. The molecular formula is C18H13F2N3O3S. The fraction of sp³-hybridized carbons (Fsp3) is 0.167. The number of ether oxygens (including phenoxy) is 2. The van der Waals surface area contributed by atoms with Crippen LogP contribution in [0, 0.1) is 11.6 Å². The quantitative estimate of drug-likeness (QED) is 0.532. The number of hydrogen-bond donors (Lipinski definition) is 1. The highest BCUT2D eigenvalue weighted by molar-refractivity contribution is 7.99. The number of rotatable bonds is 5. The van der Waals surface area contributed by atoms with Gasteiger partial charge in [0.25, 0.3) is 0 Å². The number of hydrogen-bond acceptors (Lipinski definition) is 6. The van der Waals surface area contributed by atoms with Crippen LogP contribution in [0.2, 0.25) is 0 Å². The first-order valence-electron chi connectivity index (χ1n) is 8.03. The summed E-state index contributed by atoms with van der Waals surface area (Å²) in [6.45, 7) is 0.988. The van der Waals surface area contributed by atoms with Crippen molar-refractivity contribution in [2.75, 3.05) is 19.0 Å². The highest BCUT2D eigenvalue weighted by Gasteiger charge is 2.17. The van der Waals surface area contributed by atoms with Gasteiger partial charge in [-0.2, -0.15) is 0 Å². The topological polar surface area (TPSA) is 77.1 Å². The van der Waals surface area contributed by atoms with E-state index in [-0.39, 0.29) is 11.3 Å². The Morgan fingerprint density at radius 1 is 1.11 bits per heavy atom. The van der Waals surface area contributed by atoms with Crippen LogP contribution in [0.1, 0.15) is 10.4 Å². The number of thioether (sulfide) groups is 1. The molecular weight excluding hydrogens is 376 g/mol. The normalized spacial score (nSPS) is 12.8. The van der Waals surface area contributed by atoms with Gasteiger partial charge < -0.3 is 9.47 Å². The van der Waals surface area contributed by atoms with Crippen molar-refractivity contribution in [2.45, 2.75) is 5.16 Å². The molecule has 1 aliphatic heterocycles. The van der Waals surface area contributed by atoms with Crippen LogP contribution in [0.15, 0.2) is 41.6 Å². The van der Waals surface area contributed by atoms with Crippen LogP contribution < -0.4 is 9.47 Å². The summed E-state index contributed by atoms with van der Waals surface area (Å²) in [6.07, 6.45) is 0. The number of carbonyl (C=O) groups is 1. The van der Waals surface area contributed by atoms with Gasteiger partial charge in [0, 0.05) is 5.56 Å². The Kier molecular flexibility index (Phi) is 4.76. The monoisotopic (exact) mass is 389 g/mol. The van der Waals surface area contributed by atoms with E-state index in [2.05, 4.69) is 15.2 Å². The average molecular weight is 389 g/mol. The van der Waals surface area contributed by atoms with Gasteiger partial charge >= 0.3 is 0 Å². The smallest absolute Gasteiger partial charge is 0.209 e. The van der Waals surface area contributed by atoms with Gasteiger partial charge in [0.05, 0.1) is 11.3 Å². The maximum absolute atomic E-state index is 13.7. The zero-order valence-electron chi connectivity index (χ0n) is 13.9. The molecule has 0 unspecified atom stereocenters. The number of Topliss-reactive ketones (excluding diaryl/α,β-unsaturated/α-hetero) is 1. The van der Waals surface area contributed by atoms with Gasteiger partial charge in [0.1, 0.15) is 24.8 Å². The Morgan fingerprint density at radius 3 is 2.78 bits per heavy atom. The van der Waals surface area contributed by atoms with Crippen LogP contribution in [0.3, 0.4) is 0 Å². The first kappa shape index (κ1) is 17.5. The maximum atomic E-state index is 13.7. The van der Waals surface area contributed by atoms with Crippen molar-refractivity contribution in [3.8, 4) is 22.9 Å². The van der Waals surface area contributed by atoms with Crippen molar-refractivity contribution in [3.05, 3.63) is 53.6 Å². The summed E-state index contributed by atoms with van der Waals surface area (Å²) in [6, 6.07) is 8.17. The molecule has 1 N–H and O–H groups in total. The van der Waals surface area contributed by atoms with Gasteiger partial charge in [-0.1, -0.05) is 11.8 Å². The van der Waals surface area contributed by atoms with E-state index in [9.17, 15) is 13.6 Å². The second-order valence-electron chi connectivity index (χ2n) is 5.66. The number of aromatic nitrogens is 3. The van der Waals surface area contributed by atoms with Gasteiger partial charge in [-0.15, -0.1) is 5.10 Å². The van der Waals surface area contributed by atoms with Crippen molar-refractivity contribution < 1.29 is 23.0 Å². The minimum absolute atomic E-state index is 0.112. The predicted octanol–water partition coefficient (Wildman–Crippen LogP) is 3.50. The molecule has 0 saturated heterocycles. The van der Waals surface area contributed by atoms with E-state index in [1.807, 2.05) is 6.07 Å². The lowest BCUT2D eigenvalue weighted by molar-refractivity contribution is 0.101. The molecule has 27 heavy (non-hydrogen) atoms. The fourth-order valence-electron chi connectivity index (χ4n) is 2.55. The number of ketones is 1. The van der Waals surface area contributed by atoms with E-state index in [0.29, 0.717) is 35.7 Å². The molecule has 2 heterocycles. The average Bonchev–Trinajstić information content (AvgIpc) is 3.16. The Hall–Kier alpha value is -2.94. The zero-order chi connectivity index (χ0) is 18.8. The molecule has 9 heteroatoms. The lowest BCUT2D eigenvalue weighted by Crippen LogP contribution is -2.15. The number of nitrogens with zero attached hydrogens (tertiary/aromatic N) is 2. The summed E-state index contributed by atoms with van der Waals surface area (Å²) < 4.78 is 37.9. The molecule has 0 saturated carbocycles. The largest absolute Gasteiger partial charge is 0.486 e. The summed E-state index contributed by atoms with van der Waals surface area (Å²) in [5.74, 6) is -0.277. The van der Waals surface area contributed by atoms with Crippen LogP contribution >= 0.6 is 11.8 Å². The molecule has 0 fully saturated rings. The molecule has 0 atom stereocenters. The second kappa shape index (κ2) is 7.36. The molecule has 0 aliphatic carbocycles. The van der Waals surface area contributed by atoms with Crippen molar-refractivity contribution in [3.63, 3.8) is 0 Å². The molecule has 2 aromatic carbocycles. The summed E-state index contributed by atoms with van der Waals surface area (Å²) in [4.78, 5) is 16.4. The lowest BCUT2D eigenvalue weighted by Gasteiger charge is -2.18. The number of halogens is 2. The Balaban J connectivity index is 1.45. The van der Waals surface area contributed by atoms with E-state index in [1.165, 1.54) is 0 Å². The summed E-state index contributed by atoms with van der Waals surface area (Å²) in [7, 11) is 0. The van der Waals surface area contributed by atoms with E-state index in [4.69, 9.17) is 9.47 Å². The minimum atomic E-state index is -0.756. The van der Waals surface area contributed by atoms with Crippen LogP contribution in [0.5, 0.6) is 11.5 Å². The molecule has 4 rings (SSSR count). The van der Waals surface area contributed by atoms with Gasteiger partial charge in [-0.25, -0.2) is 13.8 Å². The third kappa shape index (κ3) is 3.77. The van der Waals surface area contributed by atoms with Gasteiger partial charge in [-0.3, -0.25) is 9.89 Å². The second-order valence-corrected chi connectivity index (χ2v) is 6.60. The third-order valence-electron chi connectivity index (χ3n) is 3.84. The first-order chi connectivity index (χ1) is 13.1. The van der Waals surface area contributed by atoms with Crippen LogP contribution in [0.25, 0.3) is 11.4 Å². The summed E-state index contributed by atoms with van der Waals surface area (Å²) >= 11 is 1.03. The standard InChI is InChI=1S/C18H13F2N3O3S/c19-11-2-3-13(20)12(8-11)14(24)9-27-18-21-17(22-23-18)10-1-4-15-16(7-10)26-6-5-25-15/h1-4,7-8H,5-6,9H2,(H,21,22,23). The van der Waals surface area contributed by atoms with Crippen molar-refractivity contribution in [1.29, 1.82) is 0 Å². The van der Waals surface area contributed by atoms with Gasteiger partial charge in [0.2, 0.25) is 5.16 Å².